The molecule has 10 aromatic carbocycles. The molecule has 3 nitrogen and oxygen atoms in total. The van der Waals surface area contributed by atoms with Gasteiger partial charge in [0.15, 0.2) is 17.5 Å². The summed E-state index contributed by atoms with van der Waals surface area (Å²) in [6, 6.07) is 80.0. The Morgan fingerprint density at radius 1 is 0.254 bits per heavy atom. The molecular formula is C59H37N3S. The standard InChI is InChI=1S/C59H37N3S/c1-3-16-38(17-4-1)39-32-34-41(35-33-39)57-60-58(62-59(61-57)52-30-15-29-51-46-24-11-12-31-53(46)63-56(51)52)45-23-14-21-43(37-45)42-20-13-22-44(36-42)55-49-27-9-7-25-47(49)54(40-18-5-2-6-19-40)48-26-8-10-28-50(48)55/h1-37H. The Morgan fingerprint density at radius 2 is 0.667 bits per heavy atom. The lowest BCUT2D eigenvalue weighted by Crippen LogP contribution is -2.00. The summed E-state index contributed by atoms with van der Waals surface area (Å²) in [4.78, 5) is 15.7. The fourth-order valence-corrected chi connectivity index (χ4v) is 10.4. The molecule has 0 aliphatic carbocycles. The smallest absolute Gasteiger partial charge is 0.165 e. The van der Waals surface area contributed by atoms with E-state index in [0.29, 0.717) is 17.5 Å². The van der Waals surface area contributed by atoms with Crippen LogP contribution in [0.2, 0.25) is 0 Å². The largest absolute Gasteiger partial charge is 0.208 e. The first-order chi connectivity index (χ1) is 31.2. The van der Waals surface area contributed by atoms with Crippen LogP contribution in [0.3, 0.4) is 0 Å². The average molecular weight is 820 g/mol. The number of nitrogens with zero attached hydrogens (tertiary/aromatic N) is 3. The summed E-state index contributed by atoms with van der Waals surface area (Å²) in [5.74, 6) is 1.92. The second-order valence-electron chi connectivity index (χ2n) is 15.9. The van der Waals surface area contributed by atoms with Gasteiger partial charge in [-0.25, -0.2) is 15.0 Å². The Hall–Kier alpha value is -8.05. The third-order valence-electron chi connectivity index (χ3n) is 12.1. The quantitative estimate of drug-likeness (QED) is 0.150. The molecule has 4 heteroatoms. The second kappa shape index (κ2) is 15.4. The first-order valence-electron chi connectivity index (χ1n) is 21.3. The zero-order valence-electron chi connectivity index (χ0n) is 34.1. The highest BCUT2D eigenvalue weighted by Gasteiger charge is 2.19. The molecule has 2 aromatic heterocycles. The first kappa shape index (κ1) is 36.8. The number of benzene rings is 10. The van der Waals surface area contributed by atoms with Gasteiger partial charge in [0.1, 0.15) is 0 Å². The van der Waals surface area contributed by atoms with Gasteiger partial charge in [0.25, 0.3) is 0 Å². The minimum absolute atomic E-state index is 0.631. The van der Waals surface area contributed by atoms with Gasteiger partial charge in [-0.15, -0.1) is 11.3 Å². The number of rotatable bonds is 7. The SMILES string of the molecule is c1ccc(-c2ccc(-c3nc(-c4cccc(-c5cccc(-c6c7ccccc7c(-c7ccccc7)c7ccccc67)c5)c4)nc(-c4cccc5c4sc4ccccc45)n3)cc2)cc1. The molecule has 0 N–H and O–H groups in total. The number of hydrogen-bond acceptors (Lipinski definition) is 4. The van der Waals surface area contributed by atoms with Crippen molar-refractivity contribution in [2.24, 2.45) is 0 Å². The highest BCUT2D eigenvalue weighted by atomic mass is 32.1. The van der Waals surface area contributed by atoms with Crippen molar-refractivity contribution in [3.63, 3.8) is 0 Å². The van der Waals surface area contributed by atoms with Crippen LogP contribution in [-0.2, 0) is 0 Å². The molecule has 0 radical (unpaired) electrons. The van der Waals surface area contributed by atoms with Crippen LogP contribution in [0.1, 0.15) is 0 Å². The summed E-state index contributed by atoms with van der Waals surface area (Å²) in [6.07, 6.45) is 0. The van der Waals surface area contributed by atoms with Crippen molar-refractivity contribution in [2.75, 3.05) is 0 Å². The van der Waals surface area contributed by atoms with Crippen molar-refractivity contribution in [1.29, 1.82) is 0 Å². The van der Waals surface area contributed by atoms with Crippen LogP contribution in [0.15, 0.2) is 224 Å². The lowest BCUT2D eigenvalue weighted by atomic mass is 9.85. The highest BCUT2D eigenvalue weighted by molar-refractivity contribution is 7.26. The molecule has 0 aliphatic rings. The fourth-order valence-electron chi connectivity index (χ4n) is 9.17. The van der Waals surface area contributed by atoms with Gasteiger partial charge in [-0.2, -0.15) is 0 Å². The van der Waals surface area contributed by atoms with Crippen molar-refractivity contribution >= 4 is 53.1 Å². The number of hydrogen-bond donors (Lipinski definition) is 0. The first-order valence-corrected chi connectivity index (χ1v) is 22.1. The molecular weight excluding hydrogens is 783 g/mol. The van der Waals surface area contributed by atoms with E-state index in [-0.39, 0.29) is 0 Å². The average Bonchev–Trinajstić information content (AvgIpc) is 3.75. The van der Waals surface area contributed by atoms with Crippen LogP contribution < -0.4 is 0 Å². The maximum Gasteiger partial charge on any atom is 0.165 e. The zero-order valence-corrected chi connectivity index (χ0v) is 34.9. The van der Waals surface area contributed by atoms with Crippen LogP contribution >= 0.6 is 11.3 Å². The van der Waals surface area contributed by atoms with E-state index >= 15 is 0 Å². The summed E-state index contributed by atoms with van der Waals surface area (Å²) in [5, 5.41) is 7.40. The topological polar surface area (TPSA) is 38.7 Å². The van der Waals surface area contributed by atoms with E-state index in [1.165, 1.54) is 69.5 Å². The normalized spacial score (nSPS) is 11.5. The lowest BCUT2D eigenvalue weighted by molar-refractivity contribution is 1.08. The van der Waals surface area contributed by atoms with Gasteiger partial charge in [-0.3, -0.25) is 0 Å². The molecule has 0 saturated heterocycles. The van der Waals surface area contributed by atoms with Crippen LogP contribution in [0.5, 0.6) is 0 Å². The van der Waals surface area contributed by atoms with Crippen molar-refractivity contribution in [3.8, 4) is 78.7 Å². The predicted molar refractivity (Wildman–Crippen MR) is 266 cm³/mol. The summed E-state index contributed by atoms with van der Waals surface area (Å²) in [6.45, 7) is 0. The van der Waals surface area contributed by atoms with Crippen LogP contribution in [0, 0.1) is 0 Å². The molecule has 2 heterocycles. The van der Waals surface area contributed by atoms with Crippen LogP contribution in [0.25, 0.3) is 120 Å². The van der Waals surface area contributed by atoms with E-state index in [1.807, 2.05) is 6.07 Å². The molecule has 0 bridgehead atoms. The monoisotopic (exact) mass is 819 g/mol. The highest BCUT2D eigenvalue weighted by Crippen LogP contribution is 2.45. The number of thiophene rings is 1. The van der Waals surface area contributed by atoms with E-state index in [2.05, 4.69) is 218 Å². The van der Waals surface area contributed by atoms with Gasteiger partial charge in [0.05, 0.1) is 0 Å². The molecule has 0 unspecified atom stereocenters. The number of fused-ring (bicyclic) bond motifs is 5. The van der Waals surface area contributed by atoms with E-state index in [0.717, 1.165) is 33.4 Å². The molecule has 0 fully saturated rings. The van der Waals surface area contributed by atoms with Gasteiger partial charge in [0, 0.05) is 36.9 Å². The Bertz CT molecular complexity index is 3610. The van der Waals surface area contributed by atoms with E-state index < -0.39 is 0 Å². The van der Waals surface area contributed by atoms with Crippen LogP contribution in [-0.4, -0.2) is 15.0 Å². The molecule has 12 rings (SSSR count). The summed E-state index contributed by atoms with van der Waals surface area (Å²) >= 11 is 1.79. The Kier molecular flexibility index (Phi) is 9.02. The zero-order chi connectivity index (χ0) is 41.7. The number of aromatic nitrogens is 3. The molecule has 0 atom stereocenters. The van der Waals surface area contributed by atoms with Crippen molar-refractivity contribution < 1.29 is 0 Å². The summed E-state index contributed by atoms with van der Waals surface area (Å²) in [7, 11) is 0. The van der Waals surface area contributed by atoms with Crippen molar-refractivity contribution in [3.05, 3.63) is 224 Å². The van der Waals surface area contributed by atoms with Gasteiger partial charge in [-0.05, 0) is 90.3 Å². The minimum Gasteiger partial charge on any atom is -0.208 e. The van der Waals surface area contributed by atoms with Crippen molar-refractivity contribution in [2.45, 2.75) is 0 Å². The van der Waals surface area contributed by atoms with Gasteiger partial charge in [0.2, 0.25) is 0 Å². The van der Waals surface area contributed by atoms with E-state index in [9.17, 15) is 0 Å². The maximum atomic E-state index is 5.27. The fraction of sp³-hybridized carbons (Fsp3) is 0. The third-order valence-corrected chi connectivity index (χ3v) is 13.3. The van der Waals surface area contributed by atoms with E-state index in [1.54, 1.807) is 11.3 Å². The maximum absolute atomic E-state index is 5.27. The molecule has 0 saturated carbocycles. The Balaban J connectivity index is 0.998. The third kappa shape index (κ3) is 6.56. The summed E-state index contributed by atoms with van der Waals surface area (Å²) < 4.78 is 2.41. The Labute approximate surface area is 369 Å². The molecule has 294 valence electrons. The molecule has 0 spiro atoms. The van der Waals surface area contributed by atoms with E-state index in [4.69, 9.17) is 15.0 Å². The van der Waals surface area contributed by atoms with Gasteiger partial charge < -0.3 is 0 Å². The molecule has 0 amide bonds. The van der Waals surface area contributed by atoms with Gasteiger partial charge >= 0.3 is 0 Å². The predicted octanol–water partition coefficient (Wildman–Crippen LogP) is 16.2. The molecule has 12 aromatic rings. The molecule has 63 heavy (non-hydrogen) atoms. The van der Waals surface area contributed by atoms with Crippen LogP contribution in [0.4, 0.5) is 0 Å². The summed E-state index contributed by atoms with van der Waals surface area (Å²) in [5.41, 5.74) is 12.3. The van der Waals surface area contributed by atoms with Gasteiger partial charge in [-0.1, -0.05) is 200 Å². The Morgan fingerprint density at radius 3 is 1.32 bits per heavy atom. The second-order valence-corrected chi connectivity index (χ2v) is 17.0. The minimum atomic E-state index is 0.631. The lowest BCUT2D eigenvalue weighted by Gasteiger charge is -2.18. The van der Waals surface area contributed by atoms with Crippen molar-refractivity contribution in [1.82, 2.24) is 15.0 Å². The molecule has 0 aliphatic heterocycles.